The third kappa shape index (κ3) is 2.33. The van der Waals surface area contributed by atoms with Gasteiger partial charge in [0.25, 0.3) is 5.69 Å². The van der Waals surface area contributed by atoms with Crippen LogP contribution < -0.4 is 4.90 Å². The Morgan fingerprint density at radius 2 is 2.28 bits per heavy atom. The smallest absolute Gasteiger partial charge is 0.293 e. The van der Waals surface area contributed by atoms with Crippen molar-refractivity contribution in [2.24, 2.45) is 5.92 Å². The summed E-state index contributed by atoms with van der Waals surface area (Å²) < 4.78 is 0. The van der Waals surface area contributed by atoms with E-state index in [4.69, 9.17) is 0 Å². The van der Waals surface area contributed by atoms with E-state index in [2.05, 4.69) is 12.6 Å². The van der Waals surface area contributed by atoms with Gasteiger partial charge in [-0.05, 0) is 30.2 Å². The summed E-state index contributed by atoms with van der Waals surface area (Å²) in [6, 6.07) is 4.92. The number of aryl methyl sites for hydroxylation is 1. The maximum absolute atomic E-state index is 11.9. The Bertz CT molecular complexity index is 504. The van der Waals surface area contributed by atoms with Gasteiger partial charge < -0.3 is 4.90 Å². The van der Waals surface area contributed by atoms with Gasteiger partial charge in [-0.2, -0.15) is 12.6 Å². The molecule has 5 nitrogen and oxygen atoms in total. The summed E-state index contributed by atoms with van der Waals surface area (Å²) in [4.78, 5) is 24.0. The molecule has 0 spiro atoms. The van der Waals surface area contributed by atoms with Gasteiger partial charge in [0.05, 0.1) is 4.92 Å². The van der Waals surface area contributed by atoms with E-state index in [0.29, 0.717) is 24.4 Å². The molecule has 0 N–H and O–H groups in total. The van der Waals surface area contributed by atoms with Crippen LogP contribution in [-0.4, -0.2) is 23.1 Å². The minimum absolute atomic E-state index is 0.0110. The minimum Gasteiger partial charge on any atom is -0.306 e. The Hall–Kier alpha value is -1.56. The second-order valence-electron chi connectivity index (χ2n) is 4.51. The van der Waals surface area contributed by atoms with Gasteiger partial charge in [-0.15, -0.1) is 0 Å². The molecule has 0 radical (unpaired) electrons. The van der Waals surface area contributed by atoms with E-state index in [1.165, 1.54) is 11.0 Å². The van der Waals surface area contributed by atoms with Crippen molar-refractivity contribution < 1.29 is 9.72 Å². The molecule has 1 fully saturated rings. The van der Waals surface area contributed by atoms with Crippen molar-refractivity contribution in [1.82, 2.24) is 0 Å². The zero-order valence-electron chi connectivity index (χ0n) is 10.00. The predicted octanol–water partition coefficient (Wildman–Crippen LogP) is 2.19. The van der Waals surface area contributed by atoms with Crippen LogP contribution in [0.1, 0.15) is 12.0 Å². The Morgan fingerprint density at radius 1 is 1.56 bits per heavy atom. The SMILES string of the molecule is Cc1ccc(N2CC(CS)CC2=O)c([N+](=O)[O-])c1. The minimum atomic E-state index is -0.441. The quantitative estimate of drug-likeness (QED) is 0.518. The van der Waals surface area contributed by atoms with Crippen LogP contribution in [0.3, 0.4) is 0 Å². The number of carbonyl (C=O) groups excluding carboxylic acids is 1. The first-order valence-electron chi connectivity index (χ1n) is 5.69. The number of carbonyl (C=O) groups is 1. The van der Waals surface area contributed by atoms with Crippen LogP contribution in [0.4, 0.5) is 11.4 Å². The first-order valence-corrected chi connectivity index (χ1v) is 6.32. The lowest BCUT2D eigenvalue weighted by atomic mass is 10.1. The molecule has 1 unspecified atom stereocenters. The van der Waals surface area contributed by atoms with Crippen molar-refractivity contribution in [2.45, 2.75) is 13.3 Å². The lowest BCUT2D eigenvalue weighted by Crippen LogP contribution is -2.25. The first kappa shape index (κ1) is 12.9. The standard InChI is InChI=1S/C12H14N2O3S/c1-8-2-3-10(11(4-8)14(16)17)13-6-9(7-18)5-12(13)15/h2-4,9,18H,5-7H2,1H3. The number of nitrogens with zero attached hydrogens (tertiary/aromatic N) is 2. The predicted molar refractivity (Wildman–Crippen MR) is 72.1 cm³/mol. The number of hydrogen-bond donors (Lipinski definition) is 1. The average molecular weight is 266 g/mol. The van der Waals surface area contributed by atoms with Crippen LogP contribution in [0.5, 0.6) is 0 Å². The fourth-order valence-electron chi connectivity index (χ4n) is 2.14. The van der Waals surface area contributed by atoms with Crippen molar-refractivity contribution >= 4 is 29.9 Å². The largest absolute Gasteiger partial charge is 0.306 e. The maximum Gasteiger partial charge on any atom is 0.293 e. The van der Waals surface area contributed by atoms with E-state index in [1.54, 1.807) is 19.1 Å². The molecule has 1 aromatic carbocycles. The Balaban J connectivity index is 2.39. The molecule has 2 rings (SSSR count). The van der Waals surface area contributed by atoms with Crippen molar-refractivity contribution in [1.29, 1.82) is 0 Å². The fourth-order valence-corrected chi connectivity index (χ4v) is 2.39. The van der Waals surface area contributed by atoms with Crippen LogP contribution in [0.15, 0.2) is 18.2 Å². The van der Waals surface area contributed by atoms with E-state index in [-0.39, 0.29) is 17.5 Å². The number of amides is 1. The number of hydrogen-bond acceptors (Lipinski definition) is 4. The molecule has 1 aliphatic heterocycles. The summed E-state index contributed by atoms with van der Waals surface area (Å²) in [5.41, 5.74) is 1.19. The van der Waals surface area contributed by atoms with Crippen LogP contribution in [0, 0.1) is 23.0 Å². The van der Waals surface area contributed by atoms with Gasteiger partial charge in [-0.3, -0.25) is 14.9 Å². The topological polar surface area (TPSA) is 63.5 Å². The van der Waals surface area contributed by atoms with E-state index in [0.717, 1.165) is 5.56 Å². The molecule has 0 aromatic heterocycles. The highest BCUT2D eigenvalue weighted by atomic mass is 32.1. The summed E-state index contributed by atoms with van der Waals surface area (Å²) in [7, 11) is 0. The number of nitro groups is 1. The molecule has 0 bridgehead atoms. The van der Waals surface area contributed by atoms with Gasteiger partial charge in [0.1, 0.15) is 5.69 Å². The average Bonchev–Trinajstić information content (AvgIpc) is 2.70. The Kier molecular flexibility index (Phi) is 3.56. The molecule has 1 atom stereocenters. The number of thiol groups is 1. The number of anilines is 1. The Labute approximate surface area is 110 Å². The molecule has 96 valence electrons. The van der Waals surface area contributed by atoms with Gasteiger partial charge in [0, 0.05) is 19.0 Å². The molecule has 1 aromatic rings. The molecular weight excluding hydrogens is 252 g/mol. The maximum atomic E-state index is 11.9. The molecular formula is C12H14N2O3S. The third-order valence-corrected chi connectivity index (χ3v) is 3.60. The van der Waals surface area contributed by atoms with Crippen LogP contribution in [-0.2, 0) is 4.79 Å². The molecule has 1 saturated heterocycles. The zero-order chi connectivity index (χ0) is 13.3. The molecule has 6 heteroatoms. The second kappa shape index (κ2) is 4.97. The van der Waals surface area contributed by atoms with Crippen LogP contribution in [0.2, 0.25) is 0 Å². The second-order valence-corrected chi connectivity index (χ2v) is 4.87. The van der Waals surface area contributed by atoms with Crippen molar-refractivity contribution in [3.8, 4) is 0 Å². The number of benzene rings is 1. The number of rotatable bonds is 3. The lowest BCUT2D eigenvalue weighted by Gasteiger charge is -2.16. The van der Waals surface area contributed by atoms with Gasteiger partial charge >= 0.3 is 0 Å². The van der Waals surface area contributed by atoms with Crippen LogP contribution >= 0.6 is 12.6 Å². The highest BCUT2D eigenvalue weighted by molar-refractivity contribution is 7.80. The molecule has 0 saturated carbocycles. The first-order chi connectivity index (χ1) is 8.52. The summed E-state index contributed by atoms with van der Waals surface area (Å²) in [5, 5.41) is 11.0. The summed E-state index contributed by atoms with van der Waals surface area (Å²) in [6.45, 7) is 2.30. The van der Waals surface area contributed by atoms with E-state index in [9.17, 15) is 14.9 Å². The summed E-state index contributed by atoms with van der Waals surface area (Å²) in [5.74, 6) is 0.713. The van der Waals surface area contributed by atoms with Gasteiger partial charge in [0.15, 0.2) is 0 Å². The van der Waals surface area contributed by atoms with Crippen molar-refractivity contribution in [3.05, 3.63) is 33.9 Å². The molecule has 1 aliphatic rings. The zero-order valence-corrected chi connectivity index (χ0v) is 10.9. The van der Waals surface area contributed by atoms with Crippen molar-refractivity contribution in [3.63, 3.8) is 0 Å². The molecule has 1 heterocycles. The molecule has 1 amide bonds. The van der Waals surface area contributed by atoms with Crippen LogP contribution in [0.25, 0.3) is 0 Å². The highest BCUT2D eigenvalue weighted by Crippen LogP contribution is 2.33. The monoisotopic (exact) mass is 266 g/mol. The normalized spacial score (nSPS) is 19.3. The van der Waals surface area contributed by atoms with E-state index >= 15 is 0 Å². The number of nitro benzene ring substituents is 1. The lowest BCUT2D eigenvalue weighted by molar-refractivity contribution is -0.384. The Morgan fingerprint density at radius 3 is 2.83 bits per heavy atom. The molecule has 18 heavy (non-hydrogen) atoms. The highest BCUT2D eigenvalue weighted by Gasteiger charge is 2.33. The summed E-state index contributed by atoms with van der Waals surface area (Å²) >= 11 is 4.18. The van der Waals surface area contributed by atoms with E-state index < -0.39 is 4.92 Å². The fraction of sp³-hybridized carbons (Fsp3) is 0.417. The third-order valence-electron chi connectivity index (χ3n) is 3.08. The molecule has 0 aliphatic carbocycles. The van der Waals surface area contributed by atoms with Gasteiger partial charge in [0.2, 0.25) is 5.91 Å². The van der Waals surface area contributed by atoms with Gasteiger partial charge in [-0.1, -0.05) is 6.07 Å². The van der Waals surface area contributed by atoms with E-state index in [1.807, 2.05) is 0 Å². The summed E-state index contributed by atoms with van der Waals surface area (Å²) in [6.07, 6.45) is 0.411. The van der Waals surface area contributed by atoms with Crippen molar-refractivity contribution in [2.75, 3.05) is 17.2 Å². The van der Waals surface area contributed by atoms with Gasteiger partial charge in [-0.25, -0.2) is 0 Å².